The molecule has 2 amide bonds. The van der Waals surface area contributed by atoms with Crippen molar-refractivity contribution >= 4 is 73.1 Å². The number of fused-ring (bicyclic) bond motifs is 2. The standard InChI is InChI=1S/C16H30N4O2.C9H4ClF3N2.C9H5F3N2O.CCl2O/c1-10(2)19(4)12-5-6-15(14(9-12)18-11(3)21)20-8-7-13(17)16(20)22;10-8-6-3-5(9(11,12)13)1-2-7(6)14-4-15-8;10-9(11,12)5-1-2-7-6(3-5)8(15)14-4-13-7;2-1(3)4/h10,12-15H,5-9,17H2,1-4H3,(H,18,21);1-4H;1-4H,(H,13,14,15);/t12-,13+,14-,15?;;;/m1.../s1. The first kappa shape index (κ1) is 46.3. The number of nitrogens with one attached hydrogen (secondary N) is 2. The largest absolute Gasteiger partial charge is 0.416 e. The lowest BCUT2D eigenvalue weighted by molar-refractivity contribution is -0.138. The molecule has 12 nitrogen and oxygen atoms in total. The summed E-state index contributed by atoms with van der Waals surface area (Å²) in [5.41, 5.74) is 4.30. The van der Waals surface area contributed by atoms with Crippen LogP contribution in [0.15, 0.2) is 53.8 Å². The van der Waals surface area contributed by atoms with E-state index in [9.17, 15) is 40.7 Å². The van der Waals surface area contributed by atoms with Gasteiger partial charge in [0.2, 0.25) is 11.8 Å². The molecule has 0 radical (unpaired) electrons. The van der Waals surface area contributed by atoms with Crippen LogP contribution in [0.3, 0.4) is 0 Å². The van der Waals surface area contributed by atoms with Crippen molar-refractivity contribution in [3.63, 3.8) is 0 Å². The van der Waals surface area contributed by atoms with Crippen LogP contribution in [0.5, 0.6) is 0 Å². The smallest absolute Gasteiger partial charge is 0.351 e. The molecule has 2 aliphatic rings. The molecule has 4 N–H and O–H groups in total. The summed E-state index contributed by atoms with van der Waals surface area (Å²) in [6, 6.07) is 6.70. The van der Waals surface area contributed by atoms with Gasteiger partial charge in [-0.25, -0.2) is 15.0 Å². The third-order valence-electron chi connectivity index (χ3n) is 9.13. The quantitative estimate of drug-likeness (QED) is 0.110. The number of carbonyl (C=O) groups excluding carboxylic acids is 3. The van der Waals surface area contributed by atoms with E-state index in [1.165, 1.54) is 18.5 Å². The molecular weight excluding hydrogens is 817 g/mol. The minimum absolute atomic E-state index is 0.0195. The van der Waals surface area contributed by atoms with Gasteiger partial charge >= 0.3 is 17.1 Å². The molecule has 0 bridgehead atoms. The second-order valence-corrected chi connectivity index (χ2v) is 14.3. The van der Waals surface area contributed by atoms with Crippen LogP contribution in [0.4, 0.5) is 31.1 Å². The molecule has 2 aromatic heterocycles. The summed E-state index contributed by atoms with van der Waals surface area (Å²) in [4.78, 5) is 61.6. The normalized spacial score (nSPS) is 19.8. The van der Waals surface area contributed by atoms with E-state index in [4.69, 9.17) is 22.1 Å². The van der Waals surface area contributed by atoms with Gasteiger partial charge in [-0.1, -0.05) is 11.6 Å². The fourth-order valence-electron chi connectivity index (χ4n) is 6.21. The average molecular weight is 856 g/mol. The summed E-state index contributed by atoms with van der Waals surface area (Å²) in [5, 5.41) is 3.23. The van der Waals surface area contributed by atoms with Gasteiger partial charge < -0.3 is 25.8 Å². The predicted molar refractivity (Wildman–Crippen MR) is 200 cm³/mol. The van der Waals surface area contributed by atoms with Crippen molar-refractivity contribution in [1.29, 1.82) is 0 Å². The van der Waals surface area contributed by atoms with Gasteiger partial charge in [-0.2, -0.15) is 26.3 Å². The summed E-state index contributed by atoms with van der Waals surface area (Å²) in [6.45, 7) is 6.63. The van der Waals surface area contributed by atoms with E-state index in [2.05, 4.69) is 74.2 Å². The first-order chi connectivity index (χ1) is 26.0. The van der Waals surface area contributed by atoms with Gasteiger partial charge in [0, 0.05) is 30.9 Å². The Hall–Kier alpha value is -4.10. The minimum atomic E-state index is -4.45. The fourth-order valence-corrected chi connectivity index (χ4v) is 6.41. The number of aromatic amines is 1. The number of alkyl halides is 6. The Kier molecular flexibility index (Phi) is 16.4. The number of amides is 2. The lowest BCUT2D eigenvalue weighted by Crippen LogP contribution is -2.58. The van der Waals surface area contributed by atoms with Gasteiger partial charge in [0.1, 0.15) is 11.5 Å². The van der Waals surface area contributed by atoms with E-state index in [0.29, 0.717) is 24.1 Å². The molecule has 1 aliphatic heterocycles. The van der Waals surface area contributed by atoms with Crippen LogP contribution in [0.2, 0.25) is 5.15 Å². The second-order valence-electron chi connectivity index (χ2n) is 13.1. The Bertz CT molecular complexity index is 2050. The highest BCUT2D eigenvalue weighted by molar-refractivity contribution is 6.93. The van der Waals surface area contributed by atoms with Gasteiger partial charge in [-0.3, -0.25) is 19.2 Å². The number of carbonyl (C=O) groups is 3. The summed E-state index contributed by atoms with van der Waals surface area (Å²) < 4.78 is 73.1. The zero-order valence-corrected chi connectivity index (χ0v) is 32.7. The second kappa shape index (κ2) is 19.9. The molecule has 306 valence electrons. The molecular formula is C35H39Cl3F6N8O4. The Labute approximate surface area is 332 Å². The molecule has 6 rings (SSSR count). The lowest BCUT2D eigenvalue weighted by atomic mass is 9.84. The van der Waals surface area contributed by atoms with Crippen LogP contribution in [0.25, 0.3) is 21.8 Å². The number of H-pyrrole nitrogens is 1. The van der Waals surface area contributed by atoms with Crippen LogP contribution in [0.1, 0.15) is 57.6 Å². The number of benzene rings is 2. The van der Waals surface area contributed by atoms with Gasteiger partial charge in [-0.05, 0) is 106 Å². The van der Waals surface area contributed by atoms with Crippen molar-refractivity contribution in [1.82, 2.24) is 35.1 Å². The molecule has 1 saturated carbocycles. The lowest BCUT2D eigenvalue weighted by Gasteiger charge is -2.44. The third kappa shape index (κ3) is 13.0. The van der Waals surface area contributed by atoms with Crippen molar-refractivity contribution in [3.8, 4) is 0 Å². The van der Waals surface area contributed by atoms with Gasteiger partial charge in [0.15, 0.2) is 0 Å². The van der Waals surface area contributed by atoms with Crippen LogP contribution >= 0.6 is 34.8 Å². The zero-order chi connectivity index (χ0) is 42.1. The average Bonchev–Trinajstić information content (AvgIpc) is 3.44. The predicted octanol–water partition coefficient (Wildman–Crippen LogP) is 7.14. The van der Waals surface area contributed by atoms with Crippen molar-refractivity contribution in [2.45, 2.75) is 89.0 Å². The number of likely N-dealkylation sites (tertiary alicyclic amines) is 1. The molecule has 3 heterocycles. The van der Waals surface area contributed by atoms with E-state index in [-0.39, 0.29) is 51.4 Å². The Morgan fingerprint density at radius 1 is 0.929 bits per heavy atom. The SMILES string of the molecule is CC(=O)N[C@@H]1C[C@H](N(C)C(C)C)CCC1N1CC[C@H](N)C1=O.FC(F)(F)c1ccc2ncnc(Cl)c2c1.O=C(Cl)Cl.O=c1[nH]cnc2ccc(C(F)(F)F)cc12. The van der Waals surface area contributed by atoms with E-state index in [1.54, 1.807) is 6.92 Å². The third-order valence-corrected chi connectivity index (χ3v) is 9.43. The van der Waals surface area contributed by atoms with Crippen LogP contribution in [0, 0.1) is 0 Å². The number of hydrogen-bond donors (Lipinski definition) is 3. The number of hydrogen-bond acceptors (Lipinski definition) is 9. The van der Waals surface area contributed by atoms with Crippen molar-refractivity contribution in [2.75, 3.05) is 13.6 Å². The van der Waals surface area contributed by atoms with Gasteiger partial charge in [0.25, 0.3) is 5.56 Å². The number of halogens is 9. The fraction of sp³-hybridized carbons (Fsp3) is 0.457. The first-order valence-electron chi connectivity index (χ1n) is 16.9. The van der Waals surface area contributed by atoms with Gasteiger partial charge in [-0.15, -0.1) is 0 Å². The Balaban J connectivity index is 0.000000220. The van der Waals surface area contributed by atoms with E-state index < -0.39 is 33.7 Å². The number of nitrogens with two attached hydrogens (primary N) is 1. The molecule has 21 heteroatoms. The van der Waals surface area contributed by atoms with Crippen molar-refractivity contribution in [3.05, 3.63) is 75.7 Å². The minimum Gasteiger partial charge on any atom is -0.351 e. The number of rotatable bonds is 4. The van der Waals surface area contributed by atoms with E-state index in [1.807, 2.05) is 4.90 Å². The van der Waals surface area contributed by atoms with Crippen LogP contribution in [-0.4, -0.2) is 90.1 Å². The molecule has 2 fully saturated rings. The maximum Gasteiger partial charge on any atom is 0.416 e. The Morgan fingerprint density at radius 3 is 1.98 bits per heavy atom. The summed E-state index contributed by atoms with van der Waals surface area (Å²) in [5.74, 6) is 0.00908. The number of nitrogens with zero attached hydrogens (tertiary/aromatic N) is 5. The molecule has 1 aliphatic carbocycles. The molecule has 1 saturated heterocycles. The highest BCUT2D eigenvalue weighted by Crippen LogP contribution is 2.33. The summed E-state index contributed by atoms with van der Waals surface area (Å²) in [6.07, 6.45) is -2.89. The number of aromatic nitrogens is 4. The monoisotopic (exact) mass is 854 g/mol. The molecule has 0 spiro atoms. The molecule has 1 unspecified atom stereocenters. The van der Waals surface area contributed by atoms with Crippen molar-refractivity contribution in [2.24, 2.45) is 5.73 Å². The van der Waals surface area contributed by atoms with E-state index >= 15 is 0 Å². The maximum absolute atomic E-state index is 12.4. The summed E-state index contributed by atoms with van der Waals surface area (Å²) in [7, 11) is 2.14. The van der Waals surface area contributed by atoms with Crippen molar-refractivity contribution < 1.29 is 40.7 Å². The van der Waals surface area contributed by atoms with E-state index in [0.717, 1.165) is 56.3 Å². The molecule has 2 aromatic carbocycles. The molecule has 4 aromatic rings. The van der Waals surface area contributed by atoms with Gasteiger partial charge in [0.05, 0.1) is 52.0 Å². The Morgan fingerprint density at radius 2 is 1.48 bits per heavy atom. The zero-order valence-electron chi connectivity index (χ0n) is 30.4. The maximum atomic E-state index is 12.4. The highest BCUT2D eigenvalue weighted by atomic mass is 35.5. The first-order valence-corrected chi connectivity index (χ1v) is 18.1. The summed E-state index contributed by atoms with van der Waals surface area (Å²) >= 11 is 14.5. The highest BCUT2D eigenvalue weighted by Gasteiger charge is 2.42. The topological polar surface area (TPSA) is 167 Å². The molecule has 4 atom stereocenters. The van der Waals surface area contributed by atoms with Crippen LogP contribution < -0.4 is 16.6 Å². The van der Waals surface area contributed by atoms with Crippen LogP contribution in [-0.2, 0) is 21.9 Å². The molecule has 56 heavy (non-hydrogen) atoms.